The molecule has 0 spiro atoms. The predicted molar refractivity (Wildman–Crippen MR) is 152 cm³/mol. The van der Waals surface area contributed by atoms with Crippen molar-refractivity contribution in [1.82, 2.24) is 4.98 Å². The summed E-state index contributed by atoms with van der Waals surface area (Å²) in [6, 6.07) is 39.7. The first-order valence-electron chi connectivity index (χ1n) is 12.3. The number of pyridine rings is 1. The van der Waals surface area contributed by atoms with Gasteiger partial charge in [-0.2, -0.15) is 5.26 Å². The molecule has 2 aromatic heterocycles. The van der Waals surface area contributed by atoms with Crippen molar-refractivity contribution >= 4 is 65.3 Å². The third-order valence-corrected chi connectivity index (χ3v) is 7.46. The van der Waals surface area contributed by atoms with Crippen molar-refractivity contribution in [2.45, 2.75) is 0 Å². The average Bonchev–Trinajstić information content (AvgIpc) is 3.33. The smallest absolute Gasteiger partial charge is 0.162 e. The van der Waals surface area contributed by atoms with Gasteiger partial charge < -0.3 is 4.42 Å². The summed E-state index contributed by atoms with van der Waals surface area (Å²) >= 11 is 0. The van der Waals surface area contributed by atoms with Gasteiger partial charge in [0.05, 0.1) is 17.1 Å². The van der Waals surface area contributed by atoms with Crippen LogP contribution in [0.15, 0.2) is 114 Å². The van der Waals surface area contributed by atoms with Gasteiger partial charge >= 0.3 is 0 Å². The number of hydrogen-bond donors (Lipinski definition) is 0. The zero-order valence-electron chi connectivity index (χ0n) is 19.7. The van der Waals surface area contributed by atoms with Crippen LogP contribution >= 0.6 is 0 Å². The van der Waals surface area contributed by atoms with Gasteiger partial charge in [-0.05, 0) is 74.3 Å². The fourth-order valence-corrected chi connectivity index (χ4v) is 5.81. The van der Waals surface area contributed by atoms with E-state index in [2.05, 4.69) is 78.9 Å². The summed E-state index contributed by atoms with van der Waals surface area (Å²) in [5.41, 5.74) is 6.30. The molecule has 0 amide bonds. The molecule has 3 heteroatoms. The maximum Gasteiger partial charge on any atom is 0.162 e. The maximum absolute atomic E-state index is 9.51. The Labute approximate surface area is 211 Å². The zero-order chi connectivity index (χ0) is 24.5. The van der Waals surface area contributed by atoms with Crippen molar-refractivity contribution in [3.05, 3.63) is 115 Å². The van der Waals surface area contributed by atoms with Crippen LogP contribution in [0.2, 0.25) is 0 Å². The number of nitrogens with zero attached hydrogens (tertiary/aromatic N) is 2. The molecule has 3 nitrogen and oxygen atoms in total. The molecule has 8 rings (SSSR count). The first-order chi connectivity index (χ1) is 18.3. The van der Waals surface area contributed by atoms with Gasteiger partial charge in [0.2, 0.25) is 0 Å². The van der Waals surface area contributed by atoms with Gasteiger partial charge in [0.25, 0.3) is 0 Å². The third kappa shape index (κ3) is 2.78. The van der Waals surface area contributed by atoms with Crippen LogP contribution in [0.5, 0.6) is 0 Å². The summed E-state index contributed by atoms with van der Waals surface area (Å²) in [6.07, 6.45) is 0. The Bertz CT molecular complexity index is 2250. The predicted octanol–water partition coefficient (Wildman–Crippen LogP) is 9.13. The van der Waals surface area contributed by atoms with Crippen LogP contribution in [0.3, 0.4) is 0 Å². The SMILES string of the molecule is N#Cc1ccc2c3ccc(-c4c5ccccc5nc5c4oc4ccccc45)cc3c3ccccc3c2c1. The van der Waals surface area contributed by atoms with Crippen molar-refractivity contribution in [3.8, 4) is 17.2 Å². The summed E-state index contributed by atoms with van der Waals surface area (Å²) < 4.78 is 6.45. The molecular weight excluding hydrogens is 452 g/mol. The van der Waals surface area contributed by atoms with Crippen LogP contribution in [0.4, 0.5) is 0 Å². The lowest BCUT2D eigenvalue weighted by atomic mass is 9.90. The Balaban J connectivity index is 1.54. The minimum absolute atomic E-state index is 0.671. The molecule has 6 aromatic carbocycles. The number of furan rings is 1. The van der Waals surface area contributed by atoms with E-state index in [1.165, 1.54) is 16.2 Å². The topological polar surface area (TPSA) is 49.8 Å². The quantitative estimate of drug-likeness (QED) is 0.225. The minimum Gasteiger partial charge on any atom is -0.454 e. The molecule has 8 aromatic rings. The van der Waals surface area contributed by atoms with Crippen LogP contribution in [-0.2, 0) is 0 Å². The first-order valence-corrected chi connectivity index (χ1v) is 12.3. The lowest BCUT2D eigenvalue weighted by Crippen LogP contribution is -1.89. The highest BCUT2D eigenvalue weighted by Gasteiger charge is 2.18. The van der Waals surface area contributed by atoms with Crippen molar-refractivity contribution in [2.75, 3.05) is 0 Å². The molecule has 0 bridgehead atoms. The monoisotopic (exact) mass is 470 g/mol. The second kappa shape index (κ2) is 7.40. The van der Waals surface area contributed by atoms with Crippen molar-refractivity contribution in [1.29, 1.82) is 5.26 Å². The second-order valence-electron chi connectivity index (χ2n) is 9.46. The number of aromatic nitrogens is 1. The van der Waals surface area contributed by atoms with E-state index in [0.717, 1.165) is 60.3 Å². The molecule has 0 unspecified atom stereocenters. The van der Waals surface area contributed by atoms with E-state index in [4.69, 9.17) is 9.40 Å². The summed E-state index contributed by atoms with van der Waals surface area (Å²) in [6.45, 7) is 0. The van der Waals surface area contributed by atoms with Gasteiger partial charge in [-0.1, -0.05) is 72.8 Å². The average molecular weight is 471 g/mol. The van der Waals surface area contributed by atoms with Crippen LogP contribution in [0.25, 0.3) is 76.4 Å². The molecule has 0 aliphatic heterocycles. The Morgan fingerprint density at radius 1 is 0.568 bits per heavy atom. The molecule has 0 aliphatic carbocycles. The Morgan fingerprint density at radius 2 is 1.19 bits per heavy atom. The molecule has 0 radical (unpaired) electrons. The number of rotatable bonds is 1. The van der Waals surface area contributed by atoms with E-state index < -0.39 is 0 Å². The van der Waals surface area contributed by atoms with Gasteiger partial charge in [-0.3, -0.25) is 0 Å². The van der Waals surface area contributed by atoms with Crippen LogP contribution in [-0.4, -0.2) is 4.98 Å². The number of nitriles is 1. The minimum atomic E-state index is 0.671. The second-order valence-corrected chi connectivity index (χ2v) is 9.46. The lowest BCUT2D eigenvalue weighted by molar-refractivity contribution is 0.670. The van der Waals surface area contributed by atoms with Crippen molar-refractivity contribution < 1.29 is 4.42 Å². The van der Waals surface area contributed by atoms with E-state index in [0.29, 0.717) is 5.56 Å². The molecule has 0 atom stereocenters. The summed E-state index contributed by atoms with van der Waals surface area (Å²) in [7, 11) is 0. The van der Waals surface area contributed by atoms with Gasteiger partial charge in [-0.15, -0.1) is 0 Å². The molecule has 2 heterocycles. The van der Waals surface area contributed by atoms with Gasteiger partial charge in [0, 0.05) is 16.3 Å². The lowest BCUT2D eigenvalue weighted by Gasteiger charge is -2.13. The normalized spacial score (nSPS) is 11.8. The van der Waals surface area contributed by atoms with E-state index in [9.17, 15) is 5.26 Å². The number of hydrogen-bond acceptors (Lipinski definition) is 3. The summed E-state index contributed by atoms with van der Waals surface area (Å²) in [5.74, 6) is 0. The van der Waals surface area contributed by atoms with Crippen LogP contribution in [0.1, 0.15) is 5.56 Å². The Morgan fingerprint density at radius 3 is 1.97 bits per heavy atom. The van der Waals surface area contributed by atoms with Crippen LogP contribution in [0, 0.1) is 11.3 Å². The molecule has 170 valence electrons. The van der Waals surface area contributed by atoms with Gasteiger partial charge in [-0.25, -0.2) is 4.98 Å². The number of benzene rings is 6. The highest BCUT2D eigenvalue weighted by Crippen LogP contribution is 2.42. The molecule has 0 saturated heterocycles. The molecular formula is C34H18N2O. The molecule has 0 aliphatic rings. The summed E-state index contributed by atoms with van der Waals surface area (Å²) in [4.78, 5) is 5.00. The fourth-order valence-electron chi connectivity index (χ4n) is 5.81. The summed E-state index contributed by atoms with van der Waals surface area (Å²) in [5, 5.41) is 18.5. The fraction of sp³-hybridized carbons (Fsp3) is 0. The Hall–Kier alpha value is -5.20. The third-order valence-electron chi connectivity index (χ3n) is 7.46. The van der Waals surface area contributed by atoms with E-state index in [1.807, 2.05) is 36.4 Å². The Kier molecular flexibility index (Phi) is 4.01. The van der Waals surface area contributed by atoms with E-state index in [-0.39, 0.29) is 0 Å². The zero-order valence-corrected chi connectivity index (χ0v) is 19.7. The number of fused-ring (bicyclic) bond motifs is 10. The highest BCUT2D eigenvalue weighted by molar-refractivity contribution is 6.26. The molecule has 37 heavy (non-hydrogen) atoms. The molecule has 0 fully saturated rings. The van der Waals surface area contributed by atoms with Crippen molar-refractivity contribution in [2.24, 2.45) is 0 Å². The van der Waals surface area contributed by atoms with E-state index in [1.54, 1.807) is 0 Å². The molecule has 0 N–H and O–H groups in total. The highest BCUT2D eigenvalue weighted by atomic mass is 16.3. The standard InChI is InChI=1S/C34H18N2O/c35-19-20-13-15-24-25-16-14-21(18-29(25)23-8-2-1-7-22(23)28(24)17-20)32-26-9-3-5-11-30(26)36-33-27-10-4-6-12-31(27)37-34(32)33/h1-18H. The first kappa shape index (κ1) is 20.0. The molecule has 0 saturated carbocycles. The maximum atomic E-state index is 9.51. The largest absolute Gasteiger partial charge is 0.454 e. The van der Waals surface area contributed by atoms with Gasteiger partial charge in [0.1, 0.15) is 11.1 Å². The van der Waals surface area contributed by atoms with Gasteiger partial charge in [0.15, 0.2) is 5.58 Å². The number of para-hydroxylation sites is 2. The van der Waals surface area contributed by atoms with Crippen LogP contribution < -0.4 is 0 Å². The van der Waals surface area contributed by atoms with Crippen molar-refractivity contribution in [3.63, 3.8) is 0 Å². The van der Waals surface area contributed by atoms with E-state index >= 15 is 0 Å².